The van der Waals surface area contributed by atoms with Crippen molar-refractivity contribution in [3.05, 3.63) is 101 Å². The molecular weight excluding hydrogens is 478 g/mol. The van der Waals surface area contributed by atoms with Gasteiger partial charge < -0.3 is 14.7 Å². The molecule has 0 unspecified atom stereocenters. The van der Waals surface area contributed by atoms with Crippen molar-refractivity contribution in [1.82, 2.24) is 19.9 Å². The lowest BCUT2D eigenvalue weighted by Gasteiger charge is -2.29. The van der Waals surface area contributed by atoms with Crippen LogP contribution in [0.15, 0.2) is 84.0 Å². The average molecular weight is 508 g/mol. The molecule has 3 heterocycles. The summed E-state index contributed by atoms with van der Waals surface area (Å²) in [5, 5.41) is 21.3. The molecule has 2 aliphatic rings. The maximum atomic E-state index is 14.2. The Bertz CT molecular complexity index is 1530. The molecule has 0 aliphatic carbocycles. The Morgan fingerprint density at radius 1 is 0.921 bits per heavy atom. The van der Waals surface area contributed by atoms with Crippen LogP contribution in [0.25, 0.3) is 11.3 Å². The molecule has 1 fully saturated rings. The average Bonchev–Trinajstić information content (AvgIpc) is 3.57. The number of amides is 1. The van der Waals surface area contributed by atoms with E-state index >= 15 is 0 Å². The van der Waals surface area contributed by atoms with Crippen LogP contribution >= 0.6 is 0 Å². The van der Waals surface area contributed by atoms with Gasteiger partial charge in [0.05, 0.1) is 19.9 Å². The molecular formula is C30H29N5O3. The monoisotopic (exact) mass is 507 g/mol. The van der Waals surface area contributed by atoms with Crippen LogP contribution < -0.4 is 4.74 Å². The molecule has 1 aromatic heterocycles. The van der Waals surface area contributed by atoms with Crippen LogP contribution in [0.2, 0.25) is 0 Å². The number of ether oxygens (including phenoxy) is 1. The first kappa shape index (κ1) is 24.1. The number of benzene rings is 3. The Labute approximate surface area is 221 Å². The third kappa shape index (κ3) is 3.80. The molecule has 0 saturated carbocycles. The number of hydrogen-bond donors (Lipinski definition) is 1. The zero-order valence-corrected chi connectivity index (χ0v) is 21.6. The number of β-amino-alcohol motifs (C(OH)–C–C–N with tert-alkyl or cyclic N) is 1. The predicted molar refractivity (Wildman–Crippen MR) is 144 cm³/mol. The van der Waals surface area contributed by atoms with Crippen LogP contribution in [0.5, 0.6) is 5.75 Å². The van der Waals surface area contributed by atoms with Crippen molar-refractivity contribution in [3.63, 3.8) is 0 Å². The fourth-order valence-electron chi connectivity index (χ4n) is 5.36. The van der Waals surface area contributed by atoms with Gasteiger partial charge in [-0.25, -0.2) is 4.99 Å². The van der Waals surface area contributed by atoms with Gasteiger partial charge >= 0.3 is 0 Å². The Balaban J connectivity index is 1.40. The lowest BCUT2D eigenvalue weighted by atomic mass is 9.87. The molecule has 0 radical (unpaired) electrons. The normalized spacial score (nSPS) is 22.5. The number of likely N-dealkylation sites (tertiary alicyclic amines) is 1. The van der Waals surface area contributed by atoms with Crippen molar-refractivity contribution in [2.75, 3.05) is 13.7 Å². The summed E-state index contributed by atoms with van der Waals surface area (Å²) in [4.78, 5) is 22.1. The third-order valence-electron chi connectivity index (χ3n) is 7.56. The molecule has 192 valence electrons. The largest absolute Gasteiger partial charge is 0.497 e. The number of aliphatic hydroxyl groups is 1. The summed E-state index contributed by atoms with van der Waals surface area (Å²) in [5.74, 6) is 0.484. The highest BCUT2D eigenvalue weighted by molar-refractivity contribution is 6.08. The lowest BCUT2D eigenvalue weighted by Crippen LogP contribution is -2.54. The second-order valence-electron chi connectivity index (χ2n) is 10.2. The summed E-state index contributed by atoms with van der Waals surface area (Å²) in [7, 11) is 1.62. The second-order valence-corrected chi connectivity index (χ2v) is 10.2. The zero-order valence-electron chi connectivity index (χ0n) is 21.6. The SMILES string of the molecule is COc1ccc(CN2C[C@]3(O)N=C(c4ccc(C)cc4)C[C@]3(n3ncc(-c4ccc(C)cc4)n3)C2=O)cc1. The molecule has 2 atom stereocenters. The molecule has 6 rings (SSSR count). The van der Waals surface area contributed by atoms with Gasteiger partial charge in [0.1, 0.15) is 11.4 Å². The van der Waals surface area contributed by atoms with Crippen molar-refractivity contribution in [1.29, 1.82) is 0 Å². The summed E-state index contributed by atoms with van der Waals surface area (Å²) in [6.45, 7) is 4.41. The Kier molecular flexibility index (Phi) is 5.65. The molecule has 38 heavy (non-hydrogen) atoms. The van der Waals surface area contributed by atoms with Crippen molar-refractivity contribution in [3.8, 4) is 17.0 Å². The number of hydrogen-bond acceptors (Lipinski definition) is 6. The number of methoxy groups -OCH3 is 1. The van der Waals surface area contributed by atoms with Gasteiger partial charge in [-0.05, 0) is 37.1 Å². The summed E-state index contributed by atoms with van der Waals surface area (Å²) in [5.41, 5.74) is 3.04. The first-order valence-corrected chi connectivity index (χ1v) is 12.6. The third-order valence-corrected chi connectivity index (χ3v) is 7.56. The number of aliphatic imine (C=N–C) groups is 1. The Hall–Kier alpha value is -4.30. The molecule has 2 aliphatic heterocycles. The Morgan fingerprint density at radius 3 is 2.18 bits per heavy atom. The molecule has 1 amide bonds. The lowest BCUT2D eigenvalue weighted by molar-refractivity contribution is -0.140. The molecule has 3 aromatic carbocycles. The maximum Gasteiger partial charge on any atom is 0.258 e. The molecule has 1 saturated heterocycles. The fourth-order valence-corrected chi connectivity index (χ4v) is 5.36. The van der Waals surface area contributed by atoms with E-state index in [-0.39, 0.29) is 18.9 Å². The van der Waals surface area contributed by atoms with Gasteiger partial charge in [-0.2, -0.15) is 15.0 Å². The smallest absolute Gasteiger partial charge is 0.258 e. The molecule has 1 N–H and O–H groups in total. The summed E-state index contributed by atoms with van der Waals surface area (Å²) in [6, 6.07) is 23.5. The number of aryl methyl sites for hydroxylation is 2. The highest BCUT2D eigenvalue weighted by atomic mass is 16.5. The summed E-state index contributed by atoms with van der Waals surface area (Å²) >= 11 is 0. The predicted octanol–water partition coefficient (Wildman–Crippen LogP) is 3.89. The van der Waals surface area contributed by atoms with Gasteiger partial charge in [0.15, 0.2) is 0 Å². The summed E-state index contributed by atoms with van der Waals surface area (Å²) < 4.78 is 5.26. The van der Waals surface area contributed by atoms with Gasteiger partial charge in [0.2, 0.25) is 11.3 Å². The van der Waals surface area contributed by atoms with E-state index in [0.29, 0.717) is 18.0 Å². The van der Waals surface area contributed by atoms with Gasteiger partial charge in [0.25, 0.3) is 5.91 Å². The molecule has 8 heteroatoms. The van der Waals surface area contributed by atoms with E-state index in [0.717, 1.165) is 33.6 Å². The van der Waals surface area contributed by atoms with E-state index in [1.54, 1.807) is 18.2 Å². The number of fused-ring (bicyclic) bond motifs is 1. The van der Waals surface area contributed by atoms with E-state index in [1.165, 1.54) is 4.80 Å². The molecule has 4 aromatic rings. The van der Waals surface area contributed by atoms with E-state index in [9.17, 15) is 9.90 Å². The number of rotatable bonds is 6. The van der Waals surface area contributed by atoms with Gasteiger partial charge in [-0.3, -0.25) is 4.79 Å². The minimum atomic E-state index is -1.72. The van der Waals surface area contributed by atoms with E-state index < -0.39 is 11.3 Å². The Morgan fingerprint density at radius 2 is 1.55 bits per heavy atom. The maximum absolute atomic E-state index is 14.2. The number of aromatic nitrogens is 3. The van der Waals surface area contributed by atoms with Crippen LogP contribution in [0.4, 0.5) is 0 Å². The van der Waals surface area contributed by atoms with E-state index in [1.807, 2.05) is 86.6 Å². The minimum absolute atomic E-state index is 0.0363. The number of nitrogens with zero attached hydrogens (tertiary/aromatic N) is 5. The molecule has 0 bridgehead atoms. The van der Waals surface area contributed by atoms with Gasteiger partial charge in [0, 0.05) is 24.2 Å². The first-order valence-electron chi connectivity index (χ1n) is 12.6. The van der Waals surface area contributed by atoms with Crippen molar-refractivity contribution >= 4 is 11.6 Å². The van der Waals surface area contributed by atoms with Crippen molar-refractivity contribution in [2.24, 2.45) is 4.99 Å². The van der Waals surface area contributed by atoms with Crippen LogP contribution in [0, 0.1) is 13.8 Å². The molecule has 0 spiro atoms. The van der Waals surface area contributed by atoms with E-state index in [4.69, 9.17) is 14.8 Å². The topological polar surface area (TPSA) is 92.8 Å². The second kappa shape index (κ2) is 8.92. The van der Waals surface area contributed by atoms with Crippen molar-refractivity contribution < 1.29 is 14.6 Å². The van der Waals surface area contributed by atoms with E-state index in [2.05, 4.69) is 5.10 Å². The van der Waals surface area contributed by atoms with Crippen LogP contribution in [-0.2, 0) is 16.9 Å². The summed E-state index contributed by atoms with van der Waals surface area (Å²) in [6.07, 6.45) is 1.83. The standard InChI is InChI=1S/C30H29N5O3/c1-20-4-10-23(11-5-20)26-16-29(35-31-17-27(33-35)24-12-6-21(2)7-13-24)28(36)34(19-30(29,37)32-26)18-22-8-14-25(38-3)15-9-22/h4-15,17,37H,16,18-19H2,1-3H3/t29-,30+/m0/s1. The van der Waals surface area contributed by atoms with Gasteiger partial charge in [-0.15, -0.1) is 0 Å². The minimum Gasteiger partial charge on any atom is -0.497 e. The zero-order chi connectivity index (χ0) is 26.5. The first-order chi connectivity index (χ1) is 18.3. The van der Waals surface area contributed by atoms with Crippen LogP contribution in [0.3, 0.4) is 0 Å². The quantitative estimate of drug-likeness (QED) is 0.428. The molecule has 8 nitrogen and oxygen atoms in total. The number of carbonyl (C=O) groups is 1. The van der Waals surface area contributed by atoms with Gasteiger partial charge in [-0.1, -0.05) is 71.8 Å². The number of carbonyl (C=O) groups excluding carboxylic acids is 1. The fraction of sp³-hybridized carbons (Fsp3) is 0.267. The highest BCUT2D eigenvalue weighted by Crippen LogP contribution is 2.48. The van der Waals surface area contributed by atoms with Crippen LogP contribution in [0.1, 0.15) is 28.7 Å². The van der Waals surface area contributed by atoms with Crippen molar-refractivity contribution in [2.45, 2.75) is 38.1 Å². The van der Waals surface area contributed by atoms with Crippen LogP contribution in [-0.4, -0.2) is 56.0 Å². The highest BCUT2D eigenvalue weighted by Gasteiger charge is 2.70.